The van der Waals surface area contributed by atoms with Gasteiger partial charge in [0.2, 0.25) is 0 Å². The normalized spacial score (nSPS) is 9.33. The van der Waals surface area contributed by atoms with Gasteiger partial charge in [-0.2, -0.15) is 0 Å². The molecule has 0 saturated heterocycles. The van der Waals surface area contributed by atoms with Gasteiger partial charge in [-0.15, -0.1) is 6.42 Å². The summed E-state index contributed by atoms with van der Waals surface area (Å²) in [5.74, 6) is 2.40. The average molecular weight is 181 g/mol. The molecular formula is C10H9ClO. The first-order valence-electron chi connectivity index (χ1n) is 3.58. The number of halogens is 1. The van der Waals surface area contributed by atoms with Crippen LogP contribution in [-0.2, 0) is 11.3 Å². The predicted octanol–water partition coefficient (Wildman–Crippen LogP) is 2.49. The lowest BCUT2D eigenvalue weighted by atomic mass is 10.2. The molecule has 0 aliphatic rings. The molecule has 12 heavy (non-hydrogen) atoms. The lowest BCUT2D eigenvalue weighted by molar-refractivity contribution is 0.153. The Morgan fingerprint density at radius 2 is 2.00 bits per heavy atom. The number of terminal acetylenes is 1. The molecule has 0 aliphatic heterocycles. The van der Waals surface area contributed by atoms with Crippen molar-refractivity contribution in [2.75, 3.05) is 6.61 Å². The second kappa shape index (κ2) is 4.82. The van der Waals surface area contributed by atoms with Gasteiger partial charge in [0.1, 0.15) is 6.61 Å². The van der Waals surface area contributed by atoms with Crippen LogP contribution in [0.1, 0.15) is 5.56 Å². The van der Waals surface area contributed by atoms with Gasteiger partial charge >= 0.3 is 0 Å². The van der Waals surface area contributed by atoms with Crippen LogP contribution in [0.3, 0.4) is 0 Å². The number of benzene rings is 1. The summed E-state index contributed by atoms with van der Waals surface area (Å²) >= 11 is 5.70. The van der Waals surface area contributed by atoms with E-state index in [1.165, 1.54) is 0 Å². The molecule has 2 heteroatoms. The van der Waals surface area contributed by atoms with Crippen LogP contribution < -0.4 is 0 Å². The van der Waals surface area contributed by atoms with Crippen molar-refractivity contribution in [3.8, 4) is 12.3 Å². The Labute approximate surface area is 77.3 Å². The van der Waals surface area contributed by atoms with Crippen LogP contribution in [0.25, 0.3) is 0 Å². The molecule has 0 spiro atoms. The Morgan fingerprint density at radius 1 is 1.33 bits per heavy atom. The van der Waals surface area contributed by atoms with E-state index in [4.69, 9.17) is 22.8 Å². The van der Waals surface area contributed by atoms with E-state index < -0.39 is 0 Å². The molecule has 1 aromatic carbocycles. The summed E-state index contributed by atoms with van der Waals surface area (Å²) < 4.78 is 5.13. The number of ether oxygens (including phenoxy) is 1. The third kappa shape index (κ3) is 2.96. The molecule has 1 rings (SSSR count). The molecule has 0 radical (unpaired) electrons. The van der Waals surface area contributed by atoms with Crippen molar-refractivity contribution in [3.05, 3.63) is 34.9 Å². The van der Waals surface area contributed by atoms with Crippen molar-refractivity contribution in [1.29, 1.82) is 0 Å². The van der Waals surface area contributed by atoms with E-state index in [0.717, 1.165) is 10.6 Å². The minimum absolute atomic E-state index is 0.350. The Bertz CT molecular complexity index is 271. The smallest absolute Gasteiger partial charge is 0.107 e. The summed E-state index contributed by atoms with van der Waals surface area (Å²) in [4.78, 5) is 0. The predicted molar refractivity (Wildman–Crippen MR) is 49.9 cm³/mol. The molecule has 0 N–H and O–H groups in total. The average Bonchev–Trinajstić information content (AvgIpc) is 2.09. The summed E-state index contributed by atoms with van der Waals surface area (Å²) in [7, 11) is 0. The van der Waals surface area contributed by atoms with E-state index in [-0.39, 0.29) is 0 Å². The third-order valence-electron chi connectivity index (χ3n) is 1.37. The fourth-order valence-electron chi connectivity index (χ4n) is 0.808. The second-order valence-electron chi connectivity index (χ2n) is 2.32. The fourth-order valence-corrected chi connectivity index (χ4v) is 0.934. The van der Waals surface area contributed by atoms with E-state index in [9.17, 15) is 0 Å². The zero-order chi connectivity index (χ0) is 8.81. The molecule has 62 valence electrons. The molecule has 0 atom stereocenters. The van der Waals surface area contributed by atoms with Gasteiger partial charge in [-0.25, -0.2) is 0 Å². The van der Waals surface area contributed by atoms with Crippen molar-refractivity contribution >= 4 is 11.6 Å². The SMILES string of the molecule is C#CCOCc1ccc(Cl)cc1. The Kier molecular flexibility index (Phi) is 3.66. The highest BCUT2D eigenvalue weighted by molar-refractivity contribution is 6.30. The van der Waals surface area contributed by atoms with Gasteiger partial charge in [0.25, 0.3) is 0 Å². The summed E-state index contributed by atoms with van der Waals surface area (Å²) in [6, 6.07) is 7.49. The van der Waals surface area contributed by atoms with Crippen LogP contribution >= 0.6 is 11.6 Å². The van der Waals surface area contributed by atoms with Gasteiger partial charge in [0.05, 0.1) is 6.61 Å². The molecule has 0 saturated carbocycles. The Balaban J connectivity index is 2.43. The largest absolute Gasteiger partial charge is 0.364 e. The second-order valence-corrected chi connectivity index (χ2v) is 2.76. The zero-order valence-corrected chi connectivity index (χ0v) is 7.34. The van der Waals surface area contributed by atoms with E-state index >= 15 is 0 Å². The molecule has 0 amide bonds. The van der Waals surface area contributed by atoms with Gasteiger partial charge in [-0.3, -0.25) is 0 Å². The van der Waals surface area contributed by atoms with E-state index in [2.05, 4.69) is 5.92 Å². The number of rotatable bonds is 3. The molecule has 0 aliphatic carbocycles. The highest BCUT2D eigenvalue weighted by atomic mass is 35.5. The maximum atomic E-state index is 5.70. The standard InChI is InChI=1S/C10H9ClO/c1-2-7-12-8-9-3-5-10(11)6-4-9/h1,3-6H,7-8H2. The summed E-state index contributed by atoms with van der Waals surface area (Å²) in [6.07, 6.45) is 5.02. The molecule has 0 aromatic heterocycles. The highest BCUT2D eigenvalue weighted by Crippen LogP contribution is 2.09. The van der Waals surface area contributed by atoms with Crippen molar-refractivity contribution < 1.29 is 4.74 Å². The molecule has 1 nitrogen and oxygen atoms in total. The molecular weight excluding hydrogens is 172 g/mol. The quantitative estimate of drug-likeness (QED) is 0.513. The molecule has 0 fully saturated rings. The third-order valence-corrected chi connectivity index (χ3v) is 1.62. The summed E-state index contributed by atoms with van der Waals surface area (Å²) in [6.45, 7) is 0.893. The molecule has 0 unspecified atom stereocenters. The van der Waals surface area contributed by atoms with Crippen molar-refractivity contribution in [2.45, 2.75) is 6.61 Å². The van der Waals surface area contributed by atoms with Crippen LogP contribution in [0, 0.1) is 12.3 Å². The van der Waals surface area contributed by atoms with Gasteiger partial charge in [-0.05, 0) is 17.7 Å². The lowest BCUT2D eigenvalue weighted by Crippen LogP contribution is -1.91. The van der Waals surface area contributed by atoms with Crippen LogP contribution in [0.5, 0.6) is 0 Å². The number of hydrogen-bond acceptors (Lipinski definition) is 1. The Morgan fingerprint density at radius 3 is 2.58 bits per heavy atom. The first-order chi connectivity index (χ1) is 5.83. The van der Waals surface area contributed by atoms with Crippen LogP contribution in [0.2, 0.25) is 5.02 Å². The highest BCUT2D eigenvalue weighted by Gasteiger charge is 1.91. The van der Waals surface area contributed by atoms with Gasteiger partial charge in [0, 0.05) is 5.02 Å². The fraction of sp³-hybridized carbons (Fsp3) is 0.200. The first kappa shape index (κ1) is 9.12. The van der Waals surface area contributed by atoms with E-state index in [1.807, 2.05) is 24.3 Å². The minimum atomic E-state index is 0.350. The first-order valence-corrected chi connectivity index (χ1v) is 3.96. The van der Waals surface area contributed by atoms with Crippen LogP contribution in [-0.4, -0.2) is 6.61 Å². The number of hydrogen-bond donors (Lipinski definition) is 0. The van der Waals surface area contributed by atoms with Crippen molar-refractivity contribution in [1.82, 2.24) is 0 Å². The van der Waals surface area contributed by atoms with Gasteiger partial charge in [-0.1, -0.05) is 29.7 Å². The minimum Gasteiger partial charge on any atom is -0.364 e. The maximum absolute atomic E-state index is 5.70. The van der Waals surface area contributed by atoms with Crippen LogP contribution in [0.4, 0.5) is 0 Å². The van der Waals surface area contributed by atoms with E-state index in [1.54, 1.807) is 0 Å². The molecule has 1 aromatic rings. The lowest BCUT2D eigenvalue weighted by Gasteiger charge is -1.99. The summed E-state index contributed by atoms with van der Waals surface area (Å²) in [5.41, 5.74) is 1.08. The molecule has 0 bridgehead atoms. The van der Waals surface area contributed by atoms with Crippen molar-refractivity contribution in [2.24, 2.45) is 0 Å². The van der Waals surface area contributed by atoms with Gasteiger partial charge in [0.15, 0.2) is 0 Å². The van der Waals surface area contributed by atoms with Crippen LogP contribution in [0.15, 0.2) is 24.3 Å². The summed E-state index contributed by atoms with van der Waals surface area (Å²) in [5, 5.41) is 0.732. The Hall–Kier alpha value is -0.970. The zero-order valence-electron chi connectivity index (χ0n) is 6.59. The van der Waals surface area contributed by atoms with Crippen molar-refractivity contribution in [3.63, 3.8) is 0 Å². The van der Waals surface area contributed by atoms with Gasteiger partial charge < -0.3 is 4.74 Å². The molecule has 0 heterocycles. The topological polar surface area (TPSA) is 9.23 Å². The maximum Gasteiger partial charge on any atom is 0.107 e. The monoisotopic (exact) mass is 180 g/mol. The van der Waals surface area contributed by atoms with E-state index in [0.29, 0.717) is 13.2 Å².